The summed E-state index contributed by atoms with van der Waals surface area (Å²) in [5, 5.41) is 9.42. The molecule has 3 nitrogen and oxygen atoms in total. The minimum absolute atomic E-state index is 0.0123. The summed E-state index contributed by atoms with van der Waals surface area (Å²) in [7, 11) is 0. The number of nitrogens with two attached hydrogens (primary N) is 1. The van der Waals surface area contributed by atoms with E-state index in [-0.39, 0.29) is 18.7 Å². The van der Waals surface area contributed by atoms with Gasteiger partial charge < -0.3 is 10.8 Å². The van der Waals surface area contributed by atoms with Gasteiger partial charge in [0.05, 0.1) is 12.6 Å². The van der Waals surface area contributed by atoms with Crippen LogP contribution < -0.4 is 5.73 Å². The summed E-state index contributed by atoms with van der Waals surface area (Å²) >= 11 is 1.79. The number of aliphatic hydroxyl groups is 1. The van der Waals surface area contributed by atoms with Crippen LogP contribution in [0.3, 0.4) is 0 Å². The molecule has 0 aliphatic carbocycles. The second-order valence-corrected chi connectivity index (χ2v) is 6.75. The third kappa shape index (κ3) is 4.38. The highest BCUT2D eigenvalue weighted by molar-refractivity contribution is 7.12. The Morgan fingerprint density at radius 3 is 2.43 bits per heavy atom. The minimum Gasteiger partial charge on any atom is -0.395 e. The minimum atomic E-state index is 0.0123. The van der Waals surface area contributed by atoms with Gasteiger partial charge in [-0.15, -0.1) is 11.3 Å². The molecule has 21 heavy (non-hydrogen) atoms. The van der Waals surface area contributed by atoms with Gasteiger partial charge in [-0.05, 0) is 31.5 Å². The van der Waals surface area contributed by atoms with Crippen LogP contribution in [-0.4, -0.2) is 29.2 Å². The molecule has 0 fully saturated rings. The van der Waals surface area contributed by atoms with E-state index >= 15 is 0 Å². The number of aliphatic hydroxyl groups excluding tert-OH is 1. The van der Waals surface area contributed by atoms with Crippen molar-refractivity contribution in [1.82, 2.24) is 4.90 Å². The quantitative estimate of drug-likeness (QED) is 0.827. The van der Waals surface area contributed by atoms with E-state index in [0.717, 1.165) is 6.54 Å². The maximum absolute atomic E-state index is 9.42. The fourth-order valence-corrected chi connectivity index (χ4v) is 3.78. The zero-order chi connectivity index (χ0) is 15.2. The molecule has 1 aromatic carbocycles. The molecule has 2 aromatic rings. The first kappa shape index (κ1) is 16.2. The number of hydrogen-bond donors (Lipinski definition) is 2. The van der Waals surface area contributed by atoms with Crippen molar-refractivity contribution in [1.29, 1.82) is 0 Å². The Kier molecular flexibility index (Phi) is 5.94. The summed E-state index contributed by atoms with van der Waals surface area (Å²) in [6, 6.07) is 14.8. The van der Waals surface area contributed by atoms with Gasteiger partial charge in [0, 0.05) is 28.9 Å². The van der Waals surface area contributed by atoms with E-state index in [1.807, 2.05) is 25.1 Å². The highest BCUT2D eigenvalue weighted by Crippen LogP contribution is 2.30. The molecule has 0 spiro atoms. The Bertz CT molecular complexity index is 539. The maximum atomic E-state index is 9.42. The molecule has 2 unspecified atom stereocenters. The molecular weight excluding hydrogens is 280 g/mol. The molecule has 0 radical (unpaired) electrons. The Labute approximate surface area is 131 Å². The molecule has 114 valence electrons. The summed E-state index contributed by atoms with van der Waals surface area (Å²) in [6.45, 7) is 5.71. The topological polar surface area (TPSA) is 49.5 Å². The Morgan fingerprint density at radius 2 is 1.90 bits per heavy atom. The molecule has 4 heteroatoms. The molecule has 0 aliphatic heterocycles. The monoisotopic (exact) mass is 304 g/mol. The van der Waals surface area contributed by atoms with Gasteiger partial charge in [-0.3, -0.25) is 4.90 Å². The van der Waals surface area contributed by atoms with Crippen molar-refractivity contribution in [3.05, 3.63) is 57.8 Å². The molecule has 0 saturated heterocycles. The number of hydrogen-bond acceptors (Lipinski definition) is 4. The SMILES string of the molecule is Cc1ccc(C(C(C)N)N(CCO)Cc2ccccc2)s1. The van der Waals surface area contributed by atoms with Crippen LogP contribution in [0, 0.1) is 6.92 Å². The zero-order valence-electron chi connectivity index (χ0n) is 12.7. The third-order valence-corrected chi connectivity index (χ3v) is 4.63. The third-order valence-electron chi connectivity index (χ3n) is 3.56. The first-order valence-corrected chi connectivity index (χ1v) is 8.14. The number of thiophene rings is 1. The lowest BCUT2D eigenvalue weighted by Gasteiger charge is -2.33. The second kappa shape index (κ2) is 7.71. The van der Waals surface area contributed by atoms with Crippen LogP contribution in [0.25, 0.3) is 0 Å². The van der Waals surface area contributed by atoms with E-state index in [0.29, 0.717) is 6.54 Å². The Hall–Kier alpha value is -1.20. The van der Waals surface area contributed by atoms with Crippen molar-refractivity contribution in [2.75, 3.05) is 13.2 Å². The van der Waals surface area contributed by atoms with E-state index in [1.54, 1.807) is 11.3 Å². The number of rotatable bonds is 7. The fourth-order valence-electron chi connectivity index (χ4n) is 2.65. The molecule has 0 bridgehead atoms. The lowest BCUT2D eigenvalue weighted by Crippen LogP contribution is -2.40. The zero-order valence-corrected chi connectivity index (χ0v) is 13.5. The van der Waals surface area contributed by atoms with Gasteiger partial charge in [0.15, 0.2) is 0 Å². The average Bonchev–Trinajstić information content (AvgIpc) is 2.86. The largest absolute Gasteiger partial charge is 0.395 e. The molecule has 1 heterocycles. The lowest BCUT2D eigenvalue weighted by molar-refractivity contribution is 0.131. The normalized spacial score (nSPS) is 14.3. The maximum Gasteiger partial charge on any atom is 0.0594 e. The van der Waals surface area contributed by atoms with Crippen LogP contribution >= 0.6 is 11.3 Å². The number of benzene rings is 1. The van der Waals surface area contributed by atoms with E-state index in [2.05, 4.69) is 36.1 Å². The van der Waals surface area contributed by atoms with Crippen molar-refractivity contribution in [3.8, 4) is 0 Å². The van der Waals surface area contributed by atoms with Crippen LogP contribution in [0.15, 0.2) is 42.5 Å². The highest BCUT2D eigenvalue weighted by Gasteiger charge is 2.25. The molecule has 0 saturated carbocycles. The standard InChI is InChI=1S/C17H24N2OS/c1-13-8-9-16(21-13)17(14(2)18)19(10-11-20)12-15-6-4-3-5-7-15/h3-9,14,17,20H,10-12,18H2,1-2H3. The van der Waals surface area contributed by atoms with Gasteiger partial charge in [-0.1, -0.05) is 30.3 Å². The Morgan fingerprint density at radius 1 is 1.19 bits per heavy atom. The van der Waals surface area contributed by atoms with Crippen molar-refractivity contribution >= 4 is 11.3 Å². The van der Waals surface area contributed by atoms with Gasteiger partial charge in [0.2, 0.25) is 0 Å². The molecule has 2 rings (SSSR count). The smallest absolute Gasteiger partial charge is 0.0594 e. The van der Waals surface area contributed by atoms with E-state index < -0.39 is 0 Å². The van der Waals surface area contributed by atoms with Crippen molar-refractivity contribution in [3.63, 3.8) is 0 Å². The van der Waals surface area contributed by atoms with Crippen molar-refractivity contribution in [2.45, 2.75) is 32.5 Å². The summed E-state index contributed by atoms with van der Waals surface area (Å²) in [5.41, 5.74) is 7.49. The molecular formula is C17H24N2OS. The first-order valence-electron chi connectivity index (χ1n) is 7.32. The van der Waals surface area contributed by atoms with Crippen LogP contribution in [0.2, 0.25) is 0 Å². The van der Waals surface area contributed by atoms with Crippen molar-refractivity contribution in [2.24, 2.45) is 5.73 Å². The fraction of sp³-hybridized carbons (Fsp3) is 0.412. The van der Waals surface area contributed by atoms with Gasteiger partial charge in [0.1, 0.15) is 0 Å². The van der Waals surface area contributed by atoms with Crippen LogP contribution in [0.1, 0.15) is 28.3 Å². The summed E-state index contributed by atoms with van der Waals surface area (Å²) < 4.78 is 0. The average molecular weight is 304 g/mol. The summed E-state index contributed by atoms with van der Waals surface area (Å²) in [5.74, 6) is 0. The van der Waals surface area contributed by atoms with Crippen LogP contribution in [-0.2, 0) is 6.54 Å². The number of nitrogens with zero attached hydrogens (tertiary/aromatic N) is 1. The predicted octanol–water partition coefficient (Wildman–Crippen LogP) is 2.94. The van der Waals surface area contributed by atoms with E-state index in [1.165, 1.54) is 15.3 Å². The molecule has 0 aliphatic rings. The highest BCUT2D eigenvalue weighted by atomic mass is 32.1. The first-order chi connectivity index (χ1) is 10.1. The Balaban J connectivity index is 2.24. The summed E-state index contributed by atoms with van der Waals surface area (Å²) in [6.07, 6.45) is 0. The van der Waals surface area contributed by atoms with Gasteiger partial charge in [-0.2, -0.15) is 0 Å². The second-order valence-electron chi connectivity index (χ2n) is 5.43. The van der Waals surface area contributed by atoms with Crippen LogP contribution in [0.5, 0.6) is 0 Å². The van der Waals surface area contributed by atoms with Gasteiger partial charge in [-0.25, -0.2) is 0 Å². The van der Waals surface area contributed by atoms with E-state index in [9.17, 15) is 5.11 Å². The molecule has 0 amide bonds. The predicted molar refractivity (Wildman–Crippen MR) is 89.4 cm³/mol. The van der Waals surface area contributed by atoms with Gasteiger partial charge >= 0.3 is 0 Å². The molecule has 3 N–H and O–H groups in total. The van der Waals surface area contributed by atoms with Crippen molar-refractivity contribution < 1.29 is 5.11 Å². The molecule has 2 atom stereocenters. The van der Waals surface area contributed by atoms with Crippen LogP contribution in [0.4, 0.5) is 0 Å². The van der Waals surface area contributed by atoms with Gasteiger partial charge in [0.25, 0.3) is 0 Å². The molecule has 1 aromatic heterocycles. The number of aryl methyl sites for hydroxylation is 1. The van der Waals surface area contributed by atoms with E-state index in [4.69, 9.17) is 5.73 Å². The lowest BCUT2D eigenvalue weighted by atomic mass is 10.1. The summed E-state index contributed by atoms with van der Waals surface area (Å²) in [4.78, 5) is 4.83.